The van der Waals surface area contributed by atoms with Crippen LogP contribution in [0.2, 0.25) is 0 Å². The highest BCUT2D eigenvalue weighted by Gasteiger charge is 2.15. The van der Waals surface area contributed by atoms with Crippen LogP contribution in [0.3, 0.4) is 0 Å². The van der Waals surface area contributed by atoms with Crippen LogP contribution < -0.4 is 10.6 Å². The monoisotopic (exact) mass is 430 g/mol. The molecule has 2 fully saturated rings. The summed E-state index contributed by atoms with van der Waals surface area (Å²) in [5.41, 5.74) is 2.44. The van der Waals surface area contributed by atoms with Gasteiger partial charge in [-0.2, -0.15) is 0 Å². The first kappa shape index (κ1) is 24.0. The Morgan fingerprint density at radius 3 is 2.48 bits per heavy atom. The van der Waals surface area contributed by atoms with Crippen molar-refractivity contribution in [3.8, 4) is 0 Å². The first-order valence-corrected chi connectivity index (χ1v) is 12.2. The van der Waals surface area contributed by atoms with E-state index in [1.54, 1.807) is 0 Å². The maximum Gasteiger partial charge on any atom is 0.191 e. The minimum atomic E-state index is 0.338. The van der Waals surface area contributed by atoms with Crippen molar-refractivity contribution in [2.24, 2.45) is 10.9 Å². The zero-order chi connectivity index (χ0) is 21.7. The van der Waals surface area contributed by atoms with Crippen LogP contribution in [0.5, 0.6) is 0 Å². The summed E-state index contributed by atoms with van der Waals surface area (Å²) in [5.74, 6) is 1.80. The predicted molar refractivity (Wildman–Crippen MR) is 127 cm³/mol. The Morgan fingerprint density at radius 2 is 1.77 bits per heavy atom. The molecule has 174 valence electrons. The highest BCUT2D eigenvalue weighted by molar-refractivity contribution is 5.79. The molecule has 0 bridgehead atoms. The second kappa shape index (κ2) is 13.7. The second-order valence-electron chi connectivity index (χ2n) is 8.94. The molecule has 0 spiro atoms. The molecule has 2 aliphatic heterocycles. The molecule has 0 radical (unpaired) electrons. The molecular weight excluding hydrogens is 388 g/mol. The number of rotatable bonds is 10. The van der Waals surface area contributed by atoms with Gasteiger partial charge in [-0.25, -0.2) is 4.99 Å². The number of likely N-dealkylation sites (tertiary alicyclic amines) is 1. The molecule has 2 heterocycles. The summed E-state index contributed by atoms with van der Waals surface area (Å²) in [6.45, 7) is 13.0. The lowest BCUT2D eigenvalue weighted by Crippen LogP contribution is -2.39. The van der Waals surface area contributed by atoms with Crippen molar-refractivity contribution in [1.82, 2.24) is 15.5 Å². The highest BCUT2D eigenvalue weighted by Crippen LogP contribution is 2.16. The number of hydrogen-bond donors (Lipinski definition) is 2. The summed E-state index contributed by atoms with van der Waals surface area (Å²) in [5, 5.41) is 6.85. The molecule has 0 atom stereocenters. The molecule has 2 N–H and O–H groups in total. The maximum absolute atomic E-state index is 6.01. The van der Waals surface area contributed by atoms with E-state index < -0.39 is 0 Å². The van der Waals surface area contributed by atoms with E-state index in [4.69, 9.17) is 14.5 Å². The van der Waals surface area contributed by atoms with Gasteiger partial charge in [-0.05, 0) is 75.7 Å². The van der Waals surface area contributed by atoms with Crippen molar-refractivity contribution in [2.75, 3.05) is 45.9 Å². The summed E-state index contributed by atoms with van der Waals surface area (Å²) in [6.07, 6.45) is 6.19. The molecule has 0 aromatic heterocycles. The van der Waals surface area contributed by atoms with Gasteiger partial charge in [0.2, 0.25) is 0 Å². The molecular formula is C25H42N4O2. The number of benzene rings is 1. The number of ether oxygens (including phenoxy) is 2. The van der Waals surface area contributed by atoms with E-state index in [9.17, 15) is 0 Å². The Hall–Kier alpha value is -1.63. The van der Waals surface area contributed by atoms with Gasteiger partial charge < -0.3 is 25.0 Å². The Labute approximate surface area is 188 Å². The van der Waals surface area contributed by atoms with Crippen LogP contribution in [0.1, 0.15) is 57.1 Å². The minimum Gasteiger partial charge on any atom is -0.381 e. The Balaban J connectivity index is 1.36. The van der Waals surface area contributed by atoms with Gasteiger partial charge in [-0.3, -0.25) is 0 Å². The van der Waals surface area contributed by atoms with Crippen molar-refractivity contribution < 1.29 is 9.47 Å². The first-order chi connectivity index (χ1) is 15.2. The third-order valence-corrected chi connectivity index (χ3v) is 6.26. The Morgan fingerprint density at radius 1 is 1.06 bits per heavy atom. The van der Waals surface area contributed by atoms with Gasteiger partial charge in [0.15, 0.2) is 5.96 Å². The van der Waals surface area contributed by atoms with Crippen LogP contribution in [0.4, 0.5) is 0 Å². The van der Waals surface area contributed by atoms with Gasteiger partial charge in [0.1, 0.15) is 0 Å². The van der Waals surface area contributed by atoms with Gasteiger partial charge in [0.05, 0.1) is 19.3 Å². The van der Waals surface area contributed by atoms with Crippen molar-refractivity contribution in [3.05, 3.63) is 35.4 Å². The maximum atomic E-state index is 6.01. The van der Waals surface area contributed by atoms with Crippen LogP contribution in [0, 0.1) is 5.92 Å². The average Bonchev–Trinajstić information content (AvgIpc) is 2.81. The molecule has 0 amide bonds. The molecule has 6 nitrogen and oxygen atoms in total. The molecule has 2 aliphatic rings. The number of hydrogen-bond acceptors (Lipinski definition) is 4. The number of nitrogens with zero attached hydrogens (tertiary/aromatic N) is 2. The quantitative estimate of drug-likeness (QED) is 0.338. The third kappa shape index (κ3) is 9.17. The fraction of sp³-hybridized carbons (Fsp3) is 0.720. The summed E-state index contributed by atoms with van der Waals surface area (Å²) in [6, 6.07) is 8.63. The molecule has 31 heavy (non-hydrogen) atoms. The zero-order valence-electron chi connectivity index (χ0n) is 19.6. The van der Waals surface area contributed by atoms with Crippen LogP contribution >= 0.6 is 0 Å². The molecule has 1 aromatic carbocycles. The van der Waals surface area contributed by atoms with Gasteiger partial charge in [0.25, 0.3) is 0 Å². The van der Waals surface area contributed by atoms with Crippen molar-refractivity contribution in [2.45, 2.75) is 65.2 Å². The predicted octanol–water partition coefficient (Wildman–Crippen LogP) is 3.56. The summed E-state index contributed by atoms with van der Waals surface area (Å²) >= 11 is 0. The van der Waals surface area contributed by atoms with Gasteiger partial charge in [-0.15, -0.1) is 0 Å². The zero-order valence-corrected chi connectivity index (χ0v) is 19.6. The van der Waals surface area contributed by atoms with Crippen molar-refractivity contribution in [3.63, 3.8) is 0 Å². The summed E-state index contributed by atoms with van der Waals surface area (Å²) in [7, 11) is 0. The summed E-state index contributed by atoms with van der Waals surface area (Å²) in [4.78, 5) is 7.36. The molecule has 0 unspecified atom stereocenters. The van der Waals surface area contributed by atoms with Gasteiger partial charge in [0, 0.05) is 26.3 Å². The molecule has 2 saturated heterocycles. The number of piperidine rings is 1. The Bertz CT molecular complexity index is 635. The van der Waals surface area contributed by atoms with Gasteiger partial charge in [-0.1, -0.05) is 31.2 Å². The van der Waals surface area contributed by atoms with Gasteiger partial charge >= 0.3 is 0 Å². The molecule has 6 heteroatoms. The number of nitrogens with one attached hydrogen (secondary N) is 2. The second-order valence-corrected chi connectivity index (χ2v) is 8.94. The molecule has 3 rings (SSSR count). The van der Waals surface area contributed by atoms with Crippen LogP contribution in [0.15, 0.2) is 29.3 Å². The lowest BCUT2D eigenvalue weighted by molar-refractivity contribution is -0.0390. The van der Waals surface area contributed by atoms with E-state index in [-0.39, 0.29) is 0 Å². The first-order valence-electron chi connectivity index (χ1n) is 12.2. The fourth-order valence-corrected chi connectivity index (χ4v) is 4.10. The lowest BCUT2D eigenvalue weighted by Gasteiger charge is -2.30. The third-order valence-electron chi connectivity index (χ3n) is 6.26. The molecule has 0 aliphatic carbocycles. The summed E-state index contributed by atoms with van der Waals surface area (Å²) < 4.78 is 11.4. The standard InChI is InChI=1S/C25H42N4O2/c1-3-26-25(27-13-4-14-29-15-9-21(2)10-16-29)28-19-22-5-7-23(8-6-22)20-31-24-11-17-30-18-12-24/h5-8,21,24H,3-4,9-20H2,1-2H3,(H2,26,27,28). The highest BCUT2D eigenvalue weighted by atomic mass is 16.5. The van der Waals surface area contributed by atoms with Crippen molar-refractivity contribution in [1.29, 1.82) is 0 Å². The fourth-order valence-electron chi connectivity index (χ4n) is 4.10. The van der Waals surface area contributed by atoms with E-state index in [1.165, 1.54) is 43.6 Å². The number of guanidine groups is 1. The van der Waals surface area contributed by atoms with Crippen LogP contribution in [0.25, 0.3) is 0 Å². The average molecular weight is 431 g/mol. The van der Waals surface area contributed by atoms with E-state index in [0.29, 0.717) is 19.3 Å². The van der Waals surface area contributed by atoms with E-state index in [0.717, 1.165) is 57.4 Å². The topological polar surface area (TPSA) is 58.1 Å². The van der Waals surface area contributed by atoms with Crippen molar-refractivity contribution >= 4 is 5.96 Å². The smallest absolute Gasteiger partial charge is 0.191 e. The Kier molecular flexibility index (Phi) is 10.6. The molecule has 0 saturated carbocycles. The van der Waals surface area contributed by atoms with Crippen LogP contribution in [-0.4, -0.2) is 62.9 Å². The number of aliphatic imine (C=N–C) groups is 1. The SMILES string of the molecule is CCNC(=NCc1ccc(COC2CCOCC2)cc1)NCCCN1CCC(C)CC1. The lowest BCUT2D eigenvalue weighted by atomic mass is 9.99. The normalized spacial score (nSPS) is 19.5. The minimum absolute atomic E-state index is 0.338. The van der Waals surface area contributed by atoms with Crippen LogP contribution in [-0.2, 0) is 22.6 Å². The van der Waals surface area contributed by atoms with E-state index in [2.05, 4.69) is 53.6 Å². The molecule has 1 aromatic rings. The van der Waals surface area contributed by atoms with E-state index in [1.807, 2.05) is 0 Å². The largest absolute Gasteiger partial charge is 0.381 e. The van der Waals surface area contributed by atoms with E-state index >= 15 is 0 Å².